The van der Waals surface area contributed by atoms with Crippen molar-refractivity contribution in [2.24, 2.45) is 0 Å². The quantitative estimate of drug-likeness (QED) is 0.442. The van der Waals surface area contributed by atoms with Crippen molar-refractivity contribution in [1.29, 1.82) is 0 Å². The van der Waals surface area contributed by atoms with E-state index in [0.717, 1.165) is 46.8 Å². The smallest absolute Gasteiger partial charge is 0.389 e. The summed E-state index contributed by atoms with van der Waals surface area (Å²) in [6, 6.07) is 12.2. The van der Waals surface area contributed by atoms with Crippen LogP contribution in [0.4, 0.5) is 13.2 Å². The zero-order chi connectivity index (χ0) is 21.8. The fraction of sp³-hybridized carbons (Fsp3) is 0.348. The second-order valence-corrected chi connectivity index (χ2v) is 8.47. The summed E-state index contributed by atoms with van der Waals surface area (Å²) in [5.74, 6) is -0.995. The standard InChI is InChI=1S/C23H21ClF3N3O/c24-17-8-5-7-16-15-6-1-3-10-19(15)29(21(16)17)12-14(31)13-30-20-11-4-2-9-18(20)28-22(30)23(25,26)27/h2,4-5,7-9,11,14,31H,1,3,6,10,12-13H2/t14-/m1/s1. The van der Waals surface area contributed by atoms with Crippen molar-refractivity contribution in [2.75, 3.05) is 0 Å². The summed E-state index contributed by atoms with van der Waals surface area (Å²) >= 11 is 6.50. The molecule has 0 bridgehead atoms. The van der Waals surface area contributed by atoms with Crippen LogP contribution in [-0.2, 0) is 32.1 Å². The summed E-state index contributed by atoms with van der Waals surface area (Å²) < 4.78 is 43.9. The van der Waals surface area contributed by atoms with Crippen molar-refractivity contribution >= 4 is 33.5 Å². The first-order valence-corrected chi connectivity index (χ1v) is 10.7. The largest absolute Gasteiger partial charge is 0.449 e. The van der Waals surface area contributed by atoms with Gasteiger partial charge < -0.3 is 14.2 Å². The van der Waals surface area contributed by atoms with E-state index >= 15 is 0 Å². The Morgan fingerprint density at radius 2 is 1.74 bits per heavy atom. The van der Waals surface area contributed by atoms with Crippen LogP contribution >= 0.6 is 11.6 Å². The van der Waals surface area contributed by atoms with E-state index in [4.69, 9.17) is 11.6 Å². The number of nitrogens with zero attached hydrogens (tertiary/aromatic N) is 3. The maximum atomic E-state index is 13.6. The number of aromatic nitrogens is 3. The van der Waals surface area contributed by atoms with E-state index < -0.39 is 18.1 Å². The van der Waals surface area contributed by atoms with Gasteiger partial charge in [-0.25, -0.2) is 4.98 Å². The molecule has 0 radical (unpaired) electrons. The van der Waals surface area contributed by atoms with E-state index in [1.54, 1.807) is 24.3 Å². The number of aliphatic hydroxyl groups is 1. The lowest BCUT2D eigenvalue weighted by atomic mass is 9.95. The molecule has 4 aromatic rings. The van der Waals surface area contributed by atoms with Gasteiger partial charge in [0.2, 0.25) is 5.82 Å². The minimum atomic E-state index is -4.61. The molecule has 2 heterocycles. The van der Waals surface area contributed by atoms with Gasteiger partial charge in [-0.05, 0) is 49.4 Å². The Morgan fingerprint density at radius 1 is 1.00 bits per heavy atom. The van der Waals surface area contributed by atoms with Gasteiger partial charge in [0.25, 0.3) is 0 Å². The highest BCUT2D eigenvalue weighted by Crippen LogP contribution is 2.36. The minimum absolute atomic E-state index is 0.166. The SMILES string of the molecule is O[C@@H](Cn1c(C(F)(F)F)nc2ccccc21)Cn1c2c(c3cccc(Cl)c31)CCCC2. The van der Waals surface area contributed by atoms with Crippen LogP contribution in [-0.4, -0.2) is 25.3 Å². The normalized spacial score (nSPS) is 15.5. The van der Waals surface area contributed by atoms with Gasteiger partial charge in [-0.2, -0.15) is 13.2 Å². The molecule has 2 aromatic heterocycles. The topological polar surface area (TPSA) is 43.0 Å². The first kappa shape index (κ1) is 20.4. The monoisotopic (exact) mass is 447 g/mol. The maximum Gasteiger partial charge on any atom is 0.449 e. The number of hydrogen-bond acceptors (Lipinski definition) is 2. The maximum absolute atomic E-state index is 13.6. The van der Waals surface area contributed by atoms with Crippen LogP contribution in [0.5, 0.6) is 0 Å². The molecule has 1 atom stereocenters. The Hall–Kier alpha value is -2.51. The molecule has 2 aromatic carbocycles. The first-order valence-electron chi connectivity index (χ1n) is 10.3. The number of hydrogen-bond donors (Lipinski definition) is 1. The van der Waals surface area contributed by atoms with E-state index in [-0.39, 0.29) is 18.6 Å². The van der Waals surface area contributed by atoms with Crippen LogP contribution in [0.1, 0.15) is 29.9 Å². The second kappa shape index (κ2) is 7.57. The van der Waals surface area contributed by atoms with Gasteiger partial charge in [0.05, 0.1) is 40.8 Å². The third kappa shape index (κ3) is 3.49. The van der Waals surface area contributed by atoms with Crippen LogP contribution in [0, 0.1) is 0 Å². The molecule has 5 rings (SSSR count). The molecule has 8 heteroatoms. The number of rotatable bonds is 4. The summed E-state index contributed by atoms with van der Waals surface area (Å²) in [5.41, 5.74) is 3.82. The second-order valence-electron chi connectivity index (χ2n) is 8.07. The predicted molar refractivity (Wildman–Crippen MR) is 114 cm³/mol. The molecule has 162 valence electrons. The zero-order valence-corrected chi connectivity index (χ0v) is 17.4. The highest BCUT2D eigenvalue weighted by atomic mass is 35.5. The number of halogens is 4. The van der Waals surface area contributed by atoms with E-state index in [1.807, 2.05) is 22.8 Å². The minimum Gasteiger partial charge on any atom is -0.389 e. The first-order chi connectivity index (χ1) is 14.8. The molecular formula is C23H21ClF3N3O. The van der Waals surface area contributed by atoms with Crippen molar-refractivity contribution in [1.82, 2.24) is 14.1 Å². The van der Waals surface area contributed by atoms with E-state index in [9.17, 15) is 18.3 Å². The van der Waals surface area contributed by atoms with Gasteiger partial charge in [0, 0.05) is 11.1 Å². The Balaban J connectivity index is 1.54. The number of fused-ring (bicyclic) bond motifs is 4. The number of alkyl halides is 3. The highest BCUT2D eigenvalue weighted by Gasteiger charge is 2.38. The third-order valence-electron chi connectivity index (χ3n) is 6.04. The number of aryl methyl sites for hydroxylation is 1. The lowest BCUT2D eigenvalue weighted by molar-refractivity contribution is -0.147. The summed E-state index contributed by atoms with van der Waals surface area (Å²) in [6.07, 6.45) is -1.70. The highest BCUT2D eigenvalue weighted by molar-refractivity contribution is 6.35. The summed E-state index contributed by atoms with van der Waals surface area (Å²) in [6.45, 7) is -0.0480. The average Bonchev–Trinajstić information content (AvgIpc) is 3.26. The fourth-order valence-electron chi connectivity index (χ4n) is 4.80. The van der Waals surface area contributed by atoms with Crippen LogP contribution in [0.25, 0.3) is 21.9 Å². The average molecular weight is 448 g/mol. The summed E-state index contributed by atoms with van der Waals surface area (Å²) in [4.78, 5) is 3.77. The molecule has 0 fully saturated rings. The molecule has 0 spiro atoms. The fourth-order valence-corrected chi connectivity index (χ4v) is 5.08. The van der Waals surface area contributed by atoms with Crippen LogP contribution in [0.15, 0.2) is 42.5 Å². The lowest BCUT2D eigenvalue weighted by Gasteiger charge is -2.20. The number of aliphatic hydroxyl groups excluding tert-OH is 1. The molecule has 4 nitrogen and oxygen atoms in total. The number of imidazole rings is 1. The van der Waals surface area contributed by atoms with E-state index in [2.05, 4.69) is 4.98 Å². The van der Waals surface area contributed by atoms with Crippen molar-refractivity contribution in [2.45, 2.75) is 51.1 Å². The molecule has 0 saturated carbocycles. The van der Waals surface area contributed by atoms with Crippen molar-refractivity contribution in [3.05, 3.63) is 64.6 Å². The summed E-state index contributed by atoms with van der Waals surface area (Å²) in [7, 11) is 0. The summed E-state index contributed by atoms with van der Waals surface area (Å²) in [5, 5.41) is 12.6. The van der Waals surface area contributed by atoms with Gasteiger partial charge in [-0.3, -0.25) is 0 Å². The molecule has 0 saturated heterocycles. The van der Waals surface area contributed by atoms with Gasteiger partial charge in [-0.1, -0.05) is 35.9 Å². The molecule has 31 heavy (non-hydrogen) atoms. The third-order valence-corrected chi connectivity index (χ3v) is 6.35. The number of para-hydroxylation sites is 3. The molecular weight excluding hydrogens is 427 g/mol. The van der Waals surface area contributed by atoms with Crippen LogP contribution in [0.3, 0.4) is 0 Å². The van der Waals surface area contributed by atoms with Crippen molar-refractivity contribution < 1.29 is 18.3 Å². The molecule has 1 aliphatic rings. The Morgan fingerprint density at radius 3 is 2.55 bits per heavy atom. The Labute approximate surface area is 181 Å². The molecule has 0 unspecified atom stereocenters. The predicted octanol–water partition coefficient (Wildman–Crippen LogP) is 5.60. The molecule has 1 aliphatic carbocycles. The van der Waals surface area contributed by atoms with Gasteiger partial charge in [-0.15, -0.1) is 0 Å². The van der Waals surface area contributed by atoms with Crippen LogP contribution < -0.4 is 0 Å². The van der Waals surface area contributed by atoms with E-state index in [1.165, 1.54) is 5.56 Å². The van der Waals surface area contributed by atoms with Crippen molar-refractivity contribution in [3.8, 4) is 0 Å². The van der Waals surface area contributed by atoms with Gasteiger partial charge in [0.15, 0.2) is 0 Å². The molecule has 0 amide bonds. The van der Waals surface area contributed by atoms with E-state index in [0.29, 0.717) is 10.5 Å². The van der Waals surface area contributed by atoms with Gasteiger partial charge >= 0.3 is 6.18 Å². The zero-order valence-electron chi connectivity index (χ0n) is 16.7. The Kier molecular flexibility index (Phi) is 4.98. The van der Waals surface area contributed by atoms with Gasteiger partial charge in [0.1, 0.15) is 0 Å². The van der Waals surface area contributed by atoms with Crippen LogP contribution in [0.2, 0.25) is 5.02 Å². The number of benzene rings is 2. The Bertz CT molecular complexity index is 1270. The molecule has 0 aliphatic heterocycles. The van der Waals surface area contributed by atoms with Crippen molar-refractivity contribution in [3.63, 3.8) is 0 Å². The lowest BCUT2D eigenvalue weighted by Crippen LogP contribution is -2.26. The molecule has 1 N–H and O–H groups in total.